The molecule has 6 rings (SSSR count). The van der Waals surface area contributed by atoms with Gasteiger partial charge in [0.25, 0.3) is 17.7 Å². The second-order valence-electron chi connectivity index (χ2n) is 13.6. The molecule has 2 amide bonds. The lowest BCUT2D eigenvalue weighted by atomic mass is 9.89. The summed E-state index contributed by atoms with van der Waals surface area (Å²) in [6.07, 6.45) is -0.587. The summed E-state index contributed by atoms with van der Waals surface area (Å²) in [4.78, 5) is 49.5. The Hall–Kier alpha value is -5.20. The Bertz CT molecular complexity index is 2080. The molecule has 0 unspecified atom stereocenters. The predicted molar refractivity (Wildman–Crippen MR) is 180 cm³/mol. The number of carbonyl (C=O) groups is 2. The van der Waals surface area contributed by atoms with Crippen molar-refractivity contribution in [3.8, 4) is 0 Å². The average molecular weight is 692 g/mol. The number of aliphatic hydroxyl groups excluding tert-OH is 1. The molecule has 0 radical (unpaired) electrons. The van der Waals surface area contributed by atoms with Crippen LogP contribution in [0.4, 0.5) is 36.2 Å². The van der Waals surface area contributed by atoms with E-state index in [-0.39, 0.29) is 54.5 Å². The second-order valence-corrected chi connectivity index (χ2v) is 13.6. The number of pyridine rings is 1. The van der Waals surface area contributed by atoms with Crippen LogP contribution in [0.3, 0.4) is 0 Å². The second kappa shape index (κ2) is 12.6. The lowest BCUT2D eigenvalue weighted by molar-refractivity contribution is -0.111. The van der Waals surface area contributed by atoms with E-state index >= 15 is 13.2 Å². The molecule has 12 nitrogen and oxygen atoms in total. The Balaban J connectivity index is 1.36. The van der Waals surface area contributed by atoms with Gasteiger partial charge in [-0.15, -0.1) is 0 Å². The van der Waals surface area contributed by atoms with Gasteiger partial charge in [-0.25, -0.2) is 27.8 Å². The molecule has 15 heteroatoms. The molecule has 3 N–H and O–H groups in total. The molecule has 4 heterocycles. The third-order valence-corrected chi connectivity index (χ3v) is 9.16. The van der Waals surface area contributed by atoms with Crippen molar-refractivity contribution in [2.24, 2.45) is 5.92 Å². The van der Waals surface area contributed by atoms with Crippen LogP contribution in [0.25, 0.3) is 15.9 Å². The van der Waals surface area contributed by atoms with Crippen molar-refractivity contribution < 1.29 is 33.0 Å². The number of imidazole rings is 1. The van der Waals surface area contributed by atoms with Gasteiger partial charge in [-0.2, -0.15) is 0 Å². The number of hydrogen-bond donors (Lipinski definition) is 3. The SMILES string of the molecule is [C-]#[N+]c1cc(F)c(Nc2ccc3c(c2)n(CCC(C)(C)O)c(=O)n3C[C@@H](C)O)nc1N1C[C@H](C)C(F)(F)[C@H](N2C(=O)c3ccccc3C2=O)C1. The maximum atomic E-state index is 15.8. The fourth-order valence-electron chi connectivity index (χ4n) is 6.55. The van der Waals surface area contributed by atoms with Crippen molar-refractivity contribution in [3.05, 3.63) is 87.4 Å². The number of hydrogen-bond acceptors (Lipinski definition) is 8. The van der Waals surface area contributed by atoms with Crippen LogP contribution in [0.15, 0.2) is 53.3 Å². The summed E-state index contributed by atoms with van der Waals surface area (Å²) in [5, 5.41) is 23.2. The molecule has 0 aliphatic carbocycles. The zero-order valence-electron chi connectivity index (χ0n) is 27.8. The topological polar surface area (TPSA) is 137 Å². The molecule has 2 aromatic heterocycles. The van der Waals surface area contributed by atoms with Crippen molar-refractivity contribution in [1.82, 2.24) is 19.0 Å². The van der Waals surface area contributed by atoms with E-state index in [0.717, 1.165) is 6.07 Å². The van der Waals surface area contributed by atoms with Gasteiger partial charge in [-0.3, -0.25) is 23.6 Å². The van der Waals surface area contributed by atoms with E-state index in [2.05, 4.69) is 15.1 Å². The van der Waals surface area contributed by atoms with Crippen LogP contribution < -0.4 is 15.9 Å². The molecular formula is C35H36F3N7O5. The Labute approximate surface area is 285 Å². The first-order valence-electron chi connectivity index (χ1n) is 16.1. The Morgan fingerprint density at radius 2 is 1.72 bits per heavy atom. The molecule has 2 aliphatic rings. The Kier molecular flexibility index (Phi) is 8.73. The minimum Gasteiger partial charge on any atom is -0.392 e. The number of fused-ring (bicyclic) bond motifs is 2. The van der Waals surface area contributed by atoms with Crippen LogP contribution in [-0.2, 0) is 13.1 Å². The lowest BCUT2D eigenvalue weighted by Gasteiger charge is -2.45. The first kappa shape index (κ1) is 34.7. The molecule has 0 saturated carbocycles. The van der Waals surface area contributed by atoms with Crippen LogP contribution in [0.5, 0.6) is 0 Å². The normalized spacial score (nSPS) is 19.5. The minimum atomic E-state index is -3.48. The van der Waals surface area contributed by atoms with Crippen LogP contribution in [0, 0.1) is 18.3 Å². The smallest absolute Gasteiger partial charge is 0.329 e. The van der Waals surface area contributed by atoms with Gasteiger partial charge in [-0.1, -0.05) is 19.1 Å². The highest BCUT2D eigenvalue weighted by atomic mass is 19.3. The molecule has 4 aromatic rings. The van der Waals surface area contributed by atoms with Crippen molar-refractivity contribution in [3.63, 3.8) is 0 Å². The van der Waals surface area contributed by atoms with Gasteiger partial charge in [0.05, 0.1) is 47.0 Å². The summed E-state index contributed by atoms with van der Waals surface area (Å²) in [5.41, 5.74) is -0.437. The highest BCUT2D eigenvalue weighted by Crippen LogP contribution is 2.43. The molecule has 0 spiro atoms. The third-order valence-electron chi connectivity index (χ3n) is 9.16. The van der Waals surface area contributed by atoms with E-state index in [4.69, 9.17) is 6.57 Å². The Morgan fingerprint density at radius 3 is 2.32 bits per heavy atom. The standard InChI is InChI=1S/C35H36F3N7O5/c1-19-16-42(18-28(35(19,37)38)45-31(47)22-8-6-7-9-23(22)32(45)48)30-25(39-5)15-24(36)29(41-30)40-21-10-11-26-27(14-21)43(13-12-34(3,4)50)33(49)44(26)17-20(2)46/h6-11,14-15,19-20,28,46,50H,12-13,16-18H2,1-4H3,(H,40,41)/t19-,20+,28+/m0/s1. The number of piperidine rings is 1. The van der Waals surface area contributed by atoms with Crippen LogP contribution in [0.2, 0.25) is 0 Å². The fraction of sp³-hybridized carbons (Fsp3) is 0.400. The van der Waals surface area contributed by atoms with E-state index in [1.807, 2.05) is 0 Å². The number of aliphatic hydroxyl groups is 2. The number of anilines is 3. The van der Waals surface area contributed by atoms with E-state index in [1.165, 1.54) is 45.2 Å². The summed E-state index contributed by atoms with van der Waals surface area (Å²) in [5.74, 6) is -7.91. The van der Waals surface area contributed by atoms with E-state index < -0.39 is 59.5 Å². The first-order chi connectivity index (χ1) is 23.5. The monoisotopic (exact) mass is 691 g/mol. The van der Waals surface area contributed by atoms with Gasteiger partial charge >= 0.3 is 5.69 Å². The quantitative estimate of drug-likeness (QED) is 0.166. The zero-order valence-corrected chi connectivity index (χ0v) is 27.8. The van der Waals surface area contributed by atoms with Gasteiger partial charge in [0.1, 0.15) is 11.9 Å². The zero-order chi connectivity index (χ0) is 36.3. The number of nitrogens with zero attached hydrogens (tertiary/aromatic N) is 6. The first-order valence-corrected chi connectivity index (χ1v) is 16.1. The number of halogens is 3. The summed E-state index contributed by atoms with van der Waals surface area (Å²) in [6.45, 7) is 13.1. The molecule has 2 aliphatic heterocycles. The highest BCUT2D eigenvalue weighted by Gasteiger charge is 2.57. The average Bonchev–Trinajstić information content (AvgIpc) is 3.45. The number of aryl methyl sites for hydroxylation is 1. The number of carbonyl (C=O) groups excluding carboxylic acids is 2. The number of alkyl halides is 2. The Morgan fingerprint density at radius 1 is 1.06 bits per heavy atom. The molecule has 0 bridgehead atoms. The van der Waals surface area contributed by atoms with Gasteiger partial charge in [-0.05, 0) is 63.6 Å². The van der Waals surface area contributed by atoms with Gasteiger partial charge in [0.2, 0.25) is 5.69 Å². The van der Waals surface area contributed by atoms with E-state index in [1.54, 1.807) is 39.0 Å². The predicted octanol–water partition coefficient (Wildman–Crippen LogP) is 4.93. The number of rotatable bonds is 9. The molecule has 2 aromatic carbocycles. The van der Waals surface area contributed by atoms with Crippen molar-refractivity contribution >= 4 is 45.9 Å². The summed E-state index contributed by atoms with van der Waals surface area (Å²) in [6, 6.07) is 9.71. The molecule has 3 atom stereocenters. The van der Waals surface area contributed by atoms with E-state index in [9.17, 15) is 24.6 Å². The number of amides is 2. The highest BCUT2D eigenvalue weighted by molar-refractivity contribution is 6.21. The fourth-order valence-corrected chi connectivity index (χ4v) is 6.55. The third kappa shape index (κ3) is 6.09. The van der Waals surface area contributed by atoms with Crippen LogP contribution in [-0.4, -0.2) is 77.8 Å². The van der Waals surface area contributed by atoms with Crippen LogP contribution in [0.1, 0.15) is 54.8 Å². The number of benzene rings is 2. The molecule has 1 fully saturated rings. The number of nitrogens with one attached hydrogen (secondary N) is 1. The maximum Gasteiger partial charge on any atom is 0.329 e. The largest absolute Gasteiger partial charge is 0.392 e. The van der Waals surface area contributed by atoms with Gasteiger partial charge < -0.3 is 20.4 Å². The molecule has 262 valence electrons. The molecule has 1 saturated heterocycles. The summed E-state index contributed by atoms with van der Waals surface area (Å²) < 4.78 is 49.9. The van der Waals surface area contributed by atoms with Crippen LogP contribution >= 0.6 is 0 Å². The summed E-state index contributed by atoms with van der Waals surface area (Å²) >= 11 is 0. The van der Waals surface area contributed by atoms with Crippen molar-refractivity contribution in [2.45, 2.75) is 70.9 Å². The van der Waals surface area contributed by atoms with Crippen molar-refractivity contribution in [2.75, 3.05) is 23.3 Å². The van der Waals surface area contributed by atoms with Gasteiger partial charge in [0.15, 0.2) is 11.6 Å². The maximum absolute atomic E-state index is 15.8. The number of imide groups is 1. The minimum absolute atomic E-state index is 0.0181. The van der Waals surface area contributed by atoms with E-state index in [0.29, 0.717) is 21.6 Å². The van der Waals surface area contributed by atoms with Crippen molar-refractivity contribution in [1.29, 1.82) is 0 Å². The lowest BCUT2D eigenvalue weighted by Crippen LogP contribution is -2.63. The van der Waals surface area contributed by atoms with Gasteiger partial charge in [0, 0.05) is 31.2 Å². The molecular weight excluding hydrogens is 655 g/mol. The molecule has 50 heavy (non-hydrogen) atoms. The summed E-state index contributed by atoms with van der Waals surface area (Å²) in [7, 11) is 0. The number of aromatic nitrogens is 3.